The maximum atomic E-state index is 13.5. The lowest BCUT2D eigenvalue weighted by molar-refractivity contribution is -0.162. The van der Waals surface area contributed by atoms with Crippen molar-refractivity contribution >= 4 is 5.97 Å². The Bertz CT molecular complexity index is 858. The topological polar surface area (TPSA) is 55.8 Å². The van der Waals surface area contributed by atoms with E-state index in [9.17, 15) is 14.3 Å². The number of hydrogen-bond donors (Lipinski definition) is 1. The third-order valence-corrected chi connectivity index (χ3v) is 5.23. The molecule has 1 saturated heterocycles. The number of rotatable bonds is 6. The average molecular weight is 400 g/mol. The molecule has 1 N–H and O–H groups in total. The molecule has 0 bridgehead atoms. The molecule has 156 valence electrons. The second-order valence-corrected chi connectivity index (χ2v) is 8.32. The van der Waals surface area contributed by atoms with E-state index in [1.807, 2.05) is 0 Å². The molecule has 1 aliphatic heterocycles. The van der Waals surface area contributed by atoms with E-state index in [4.69, 9.17) is 9.47 Å². The van der Waals surface area contributed by atoms with Crippen LogP contribution in [0.2, 0.25) is 0 Å². The van der Waals surface area contributed by atoms with Crippen LogP contribution in [0, 0.1) is 5.82 Å². The van der Waals surface area contributed by atoms with Crippen LogP contribution in [0.25, 0.3) is 11.1 Å². The summed E-state index contributed by atoms with van der Waals surface area (Å²) in [5, 5.41) is 9.85. The van der Waals surface area contributed by atoms with Crippen LogP contribution in [0.15, 0.2) is 36.4 Å². The highest BCUT2D eigenvalue weighted by Gasteiger charge is 2.28. The molecule has 1 heterocycles. The predicted octanol–water partition coefficient (Wildman–Crippen LogP) is 5.18. The van der Waals surface area contributed by atoms with Gasteiger partial charge in [0.1, 0.15) is 24.3 Å². The fourth-order valence-electron chi connectivity index (χ4n) is 3.58. The van der Waals surface area contributed by atoms with Crippen LogP contribution in [-0.2, 0) is 9.53 Å². The van der Waals surface area contributed by atoms with Gasteiger partial charge in [-0.3, -0.25) is 4.79 Å². The summed E-state index contributed by atoms with van der Waals surface area (Å²) in [6.07, 6.45) is -0.803. The van der Waals surface area contributed by atoms with E-state index in [2.05, 4.69) is 39.8 Å². The number of cyclic esters (lactones) is 1. The molecule has 1 aliphatic rings. The van der Waals surface area contributed by atoms with E-state index in [1.165, 1.54) is 17.7 Å². The molecule has 0 radical (unpaired) electrons. The molecule has 0 spiro atoms. The second-order valence-electron chi connectivity index (χ2n) is 8.32. The van der Waals surface area contributed by atoms with Crippen molar-refractivity contribution in [2.24, 2.45) is 0 Å². The highest BCUT2D eigenvalue weighted by Crippen LogP contribution is 2.40. The van der Waals surface area contributed by atoms with Gasteiger partial charge in [-0.25, -0.2) is 4.39 Å². The van der Waals surface area contributed by atoms with Gasteiger partial charge in [0, 0.05) is 12.0 Å². The van der Waals surface area contributed by atoms with Crippen LogP contribution in [0.5, 0.6) is 5.75 Å². The summed E-state index contributed by atoms with van der Waals surface area (Å²) in [7, 11) is 0. The van der Waals surface area contributed by atoms with Gasteiger partial charge >= 0.3 is 5.97 Å². The minimum Gasteiger partial charge on any atom is -0.489 e. The van der Waals surface area contributed by atoms with Crippen LogP contribution >= 0.6 is 0 Å². The second kappa shape index (κ2) is 8.95. The summed E-state index contributed by atoms with van der Waals surface area (Å²) in [5.74, 6) is 0.559. The summed E-state index contributed by atoms with van der Waals surface area (Å²) in [4.78, 5) is 11.6. The lowest BCUT2D eigenvalue weighted by atomic mass is 9.89. The molecule has 3 rings (SSSR count). The number of halogens is 1. The molecule has 1 fully saturated rings. The first-order valence-corrected chi connectivity index (χ1v) is 10.2. The molecule has 0 saturated carbocycles. The summed E-state index contributed by atoms with van der Waals surface area (Å²) < 4.78 is 25.0. The first-order chi connectivity index (χ1) is 13.7. The van der Waals surface area contributed by atoms with Crippen LogP contribution < -0.4 is 4.74 Å². The van der Waals surface area contributed by atoms with Crippen molar-refractivity contribution < 1.29 is 23.8 Å². The lowest BCUT2D eigenvalue weighted by Gasteiger charge is -2.27. The van der Waals surface area contributed by atoms with E-state index in [0.717, 1.165) is 16.7 Å². The molecular weight excluding hydrogens is 371 g/mol. The molecule has 2 atom stereocenters. The zero-order valence-corrected chi connectivity index (χ0v) is 17.4. The molecule has 0 amide bonds. The summed E-state index contributed by atoms with van der Waals surface area (Å²) in [6.45, 7) is 8.64. The van der Waals surface area contributed by atoms with E-state index < -0.39 is 18.2 Å². The number of esters is 1. The van der Waals surface area contributed by atoms with Crippen molar-refractivity contribution in [1.29, 1.82) is 0 Å². The van der Waals surface area contributed by atoms with Crippen molar-refractivity contribution in [2.75, 3.05) is 6.61 Å². The van der Waals surface area contributed by atoms with Gasteiger partial charge in [0.2, 0.25) is 0 Å². The lowest BCUT2D eigenvalue weighted by Crippen LogP contribution is -2.36. The molecule has 2 aromatic rings. The Labute approximate surface area is 171 Å². The molecule has 29 heavy (non-hydrogen) atoms. The van der Waals surface area contributed by atoms with E-state index >= 15 is 0 Å². The van der Waals surface area contributed by atoms with Gasteiger partial charge in [0.15, 0.2) is 0 Å². The third-order valence-electron chi connectivity index (χ3n) is 5.23. The van der Waals surface area contributed by atoms with E-state index in [0.29, 0.717) is 18.1 Å². The Morgan fingerprint density at radius 3 is 2.41 bits per heavy atom. The minimum atomic E-state index is -0.700. The van der Waals surface area contributed by atoms with E-state index in [-0.39, 0.29) is 24.8 Å². The predicted molar refractivity (Wildman–Crippen MR) is 111 cm³/mol. The summed E-state index contributed by atoms with van der Waals surface area (Å²) in [6, 6.07) is 10.6. The van der Waals surface area contributed by atoms with Crippen molar-refractivity contribution in [1.82, 2.24) is 0 Å². The highest BCUT2D eigenvalue weighted by molar-refractivity contribution is 5.74. The first-order valence-electron chi connectivity index (χ1n) is 10.2. The van der Waals surface area contributed by atoms with Gasteiger partial charge in [-0.1, -0.05) is 45.9 Å². The van der Waals surface area contributed by atoms with Gasteiger partial charge in [-0.15, -0.1) is 0 Å². The largest absolute Gasteiger partial charge is 0.489 e. The van der Waals surface area contributed by atoms with Crippen LogP contribution in [0.1, 0.15) is 63.5 Å². The monoisotopic (exact) mass is 400 g/mol. The number of aliphatic hydroxyl groups excluding tert-OH is 1. The Balaban J connectivity index is 2.00. The zero-order valence-electron chi connectivity index (χ0n) is 17.4. The molecule has 5 heteroatoms. The number of ether oxygens (including phenoxy) is 2. The van der Waals surface area contributed by atoms with Crippen LogP contribution in [0.3, 0.4) is 0 Å². The standard InChI is InChI=1S/C24H29FO4/c1-14(2)17-9-21(15(3)4)24(22(10-17)16-5-7-18(25)8-6-16)28-13-20-11-19(26)12-23(27)29-20/h5-10,14-15,19-20,26H,11-13H2,1-4H3/t19-,20?/m1/s1. The molecule has 0 aromatic heterocycles. The maximum absolute atomic E-state index is 13.5. The molecule has 0 aliphatic carbocycles. The van der Waals surface area contributed by atoms with Gasteiger partial charge in [0.25, 0.3) is 0 Å². The number of aliphatic hydroxyl groups is 1. The first kappa shape index (κ1) is 21.3. The van der Waals surface area contributed by atoms with E-state index in [1.54, 1.807) is 12.1 Å². The van der Waals surface area contributed by atoms with Gasteiger partial charge in [-0.05, 0) is 46.7 Å². The zero-order chi connectivity index (χ0) is 21.1. The average Bonchev–Trinajstić information content (AvgIpc) is 2.65. The smallest absolute Gasteiger partial charge is 0.308 e. The Hall–Kier alpha value is -2.40. The Kier molecular flexibility index (Phi) is 6.58. The SMILES string of the molecule is CC(C)c1cc(-c2ccc(F)cc2)c(OCC2C[C@@H](O)CC(=O)O2)c(C(C)C)c1. The summed E-state index contributed by atoms with van der Waals surface area (Å²) in [5.41, 5.74) is 3.99. The van der Waals surface area contributed by atoms with Gasteiger partial charge in [-0.2, -0.15) is 0 Å². The maximum Gasteiger partial charge on any atom is 0.308 e. The van der Waals surface area contributed by atoms with Crippen molar-refractivity contribution in [3.8, 4) is 16.9 Å². The van der Waals surface area contributed by atoms with Crippen LogP contribution in [-0.4, -0.2) is 29.9 Å². The summed E-state index contributed by atoms with van der Waals surface area (Å²) >= 11 is 0. The number of carbonyl (C=O) groups excluding carboxylic acids is 1. The molecule has 1 unspecified atom stereocenters. The molecule has 2 aromatic carbocycles. The number of carbonyl (C=O) groups is 1. The van der Waals surface area contributed by atoms with Gasteiger partial charge in [0.05, 0.1) is 12.5 Å². The normalized spacial score (nSPS) is 19.5. The number of hydrogen-bond acceptors (Lipinski definition) is 4. The molecule has 4 nitrogen and oxygen atoms in total. The van der Waals surface area contributed by atoms with Crippen molar-refractivity contribution in [3.63, 3.8) is 0 Å². The third kappa shape index (κ3) is 5.15. The van der Waals surface area contributed by atoms with Crippen LogP contribution in [0.4, 0.5) is 4.39 Å². The minimum absolute atomic E-state index is 0.0255. The molecular formula is C24H29FO4. The van der Waals surface area contributed by atoms with Crippen molar-refractivity contribution in [2.45, 2.75) is 64.6 Å². The highest BCUT2D eigenvalue weighted by atomic mass is 19.1. The van der Waals surface area contributed by atoms with Gasteiger partial charge < -0.3 is 14.6 Å². The quantitative estimate of drug-likeness (QED) is 0.679. The fraction of sp³-hybridized carbons (Fsp3) is 0.458. The Morgan fingerprint density at radius 1 is 1.14 bits per heavy atom. The Morgan fingerprint density at radius 2 is 1.83 bits per heavy atom. The fourth-order valence-corrected chi connectivity index (χ4v) is 3.58. The van der Waals surface area contributed by atoms with Crippen molar-refractivity contribution in [3.05, 3.63) is 53.3 Å². The number of benzene rings is 2.